The van der Waals surface area contributed by atoms with Crippen molar-refractivity contribution in [3.8, 4) is 5.75 Å². The number of hydrogen-bond acceptors (Lipinski definition) is 5. The molecule has 1 fully saturated rings. The number of ether oxygens (including phenoxy) is 1. The molecular formula is C28H33N3O3S. The van der Waals surface area contributed by atoms with Crippen LogP contribution in [0.5, 0.6) is 5.75 Å². The van der Waals surface area contributed by atoms with E-state index in [0.29, 0.717) is 17.9 Å². The topological polar surface area (TPSA) is 80.3 Å². The van der Waals surface area contributed by atoms with E-state index in [9.17, 15) is 9.59 Å². The second-order valence-electron chi connectivity index (χ2n) is 9.23. The zero-order valence-corrected chi connectivity index (χ0v) is 21.4. The van der Waals surface area contributed by atoms with Crippen LogP contribution in [0.4, 0.5) is 0 Å². The van der Waals surface area contributed by atoms with Crippen molar-refractivity contribution in [2.45, 2.75) is 71.6 Å². The zero-order chi connectivity index (χ0) is 24.8. The predicted molar refractivity (Wildman–Crippen MR) is 139 cm³/mol. The van der Waals surface area contributed by atoms with Crippen LogP contribution in [0.15, 0.2) is 47.8 Å². The van der Waals surface area contributed by atoms with Gasteiger partial charge in [0, 0.05) is 23.0 Å². The standard InChI is InChI=1S/C28H33N3O3S/c1-4-20-9-11-21(12-10-20)27(32)30-23-7-5-6-8-24(23)31-28(33)25-17-35-26(29-25)16-34-22-14-18(2)13-19(3)15-22/h9-15,17,23-24H,4-8,16H2,1-3H3,(H,30,32)(H,31,33). The van der Waals surface area contributed by atoms with Crippen LogP contribution in [0.25, 0.3) is 0 Å². The Balaban J connectivity index is 1.34. The molecule has 1 aliphatic carbocycles. The first kappa shape index (κ1) is 24.9. The van der Waals surface area contributed by atoms with E-state index in [1.54, 1.807) is 5.38 Å². The van der Waals surface area contributed by atoms with E-state index in [1.807, 2.05) is 50.2 Å². The second kappa shape index (κ2) is 11.5. The van der Waals surface area contributed by atoms with Crippen LogP contribution < -0.4 is 15.4 Å². The minimum Gasteiger partial charge on any atom is -0.486 e. The van der Waals surface area contributed by atoms with E-state index < -0.39 is 0 Å². The lowest BCUT2D eigenvalue weighted by molar-refractivity contribution is 0.0860. The summed E-state index contributed by atoms with van der Waals surface area (Å²) in [5.74, 6) is 0.490. The molecule has 0 saturated heterocycles. The van der Waals surface area contributed by atoms with Crippen molar-refractivity contribution in [3.63, 3.8) is 0 Å². The first-order chi connectivity index (χ1) is 16.9. The van der Waals surface area contributed by atoms with Gasteiger partial charge < -0.3 is 15.4 Å². The summed E-state index contributed by atoms with van der Waals surface area (Å²) in [6.45, 7) is 6.48. The van der Waals surface area contributed by atoms with Crippen molar-refractivity contribution in [2.75, 3.05) is 0 Å². The van der Waals surface area contributed by atoms with Gasteiger partial charge in [-0.25, -0.2) is 4.98 Å². The van der Waals surface area contributed by atoms with Gasteiger partial charge in [-0.05, 0) is 74.1 Å². The number of aromatic nitrogens is 1. The average Bonchev–Trinajstić information content (AvgIpc) is 3.33. The summed E-state index contributed by atoms with van der Waals surface area (Å²) in [5, 5.41) is 8.77. The van der Waals surface area contributed by atoms with Gasteiger partial charge in [0.25, 0.3) is 11.8 Å². The van der Waals surface area contributed by atoms with Crippen molar-refractivity contribution in [1.82, 2.24) is 15.6 Å². The predicted octanol–water partition coefficient (Wildman–Crippen LogP) is 5.37. The molecule has 35 heavy (non-hydrogen) atoms. The van der Waals surface area contributed by atoms with Crippen molar-refractivity contribution < 1.29 is 14.3 Å². The van der Waals surface area contributed by atoms with Gasteiger partial charge in [-0.3, -0.25) is 9.59 Å². The molecule has 1 aromatic heterocycles. The van der Waals surface area contributed by atoms with Crippen molar-refractivity contribution in [2.24, 2.45) is 0 Å². The largest absolute Gasteiger partial charge is 0.486 e. The highest BCUT2D eigenvalue weighted by Crippen LogP contribution is 2.21. The molecule has 1 heterocycles. The number of nitrogens with one attached hydrogen (secondary N) is 2. The Morgan fingerprint density at radius 2 is 1.60 bits per heavy atom. The second-order valence-corrected chi connectivity index (χ2v) is 10.2. The summed E-state index contributed by atoms with van der Waals surface area (Å²) >= 11 is 1.41. The Labute approximate surface area is 211 Å². The first-order valence-electron chi connectivity index (χ1n) is 12.3. The molecule has 0 radical (unpaired) electrons. The third-order valence-corrected chi connectivity index (χ3v) is 7.19. The summed E-state index contributed by atoms with van der Waals surface area (Å²) in [5.41, 5.74) is 4.52. The van der Waals surface area contributed by atoms with Crippen LogP contribution in [-0.2, 0) is 13.0 Å². The smallest absolute Gasteiger partial charge is 0.271 e. The Bertz CT molecular complexity index is 1150. The summed E-state index contributed by atoms with van der Waals surface area (Å²) in [4.78, 5) is 30.2. The maximum Gasteiger partial charge on any atom is 0.271 e. The fourth-order valence-corrected chi connectivity index (χ4v) is 5.19. The molecule has 7 heteroatoms. The lowest BCUT2D eigenvalue weighted by Crippen LogP contribution is -2.53. The molecule has 0 spiro atoms. The van der Waals surface area contributed by atoms with E-state index in [0.717, 1.165) is 54.0 Å². The van der Waals surface area contributed by atoms with E-state index >= 15 is 0 Å². The molecule has 2 unspecified atom stereocenters. The van der Waals surface area contributed by atoms with Gasteiger partial charge in [0.05, 0.1) is 0 Å². The molecule has 3 aromatic rings. The van der Waals surface area contributed by atoms with E-state index in [-0.39, 0.29) is 23.9 Å². The van der Waals surface area contributed by atoms with Gasteiger partial charge >= 0.3 is 0 Å². The van der Waals surface area contributed by atoms with Gasteiger partial charge in [0.1, 0.15) is 23.1 Å². The Kier molecular flexibility index (Phi) is 8.18. The SMILES string of the molecule is CCc1ccc(C(=O)NC2CCCCC2NC(=O)c2csc(COc3cc(C)cc(C)c3)n2)cc1. The van der Waals surface area contributed by atoms with Crippen LogP contribution in [0.3, 0.4) is 0 Å². The number of thiazole rings is 1. The van der Waals surface area contributed by atoms with Gasteiger partial charge in [0.15, 0.2) is 0 Å². The van der Waals surface area contributed by atoms with Crippen LogP contribution >= 0.6 is 11.3 Å². The fourth-order valence-electron chi connectivity index (χ4n) is 4.51. The molecule has 6 nitrogen and oxygen atoms in total. The lowest BCUT2D eigenvalue weighted by atomic mass is 9.90. The van der Waals surface area contributed by atoms with Gasteiger partial charge in [-0.2, -0.15) is 0 Å². The Morgan fingerprint density at radius 3 is 2.23 bits per heavy atom. The molecular weight excluding hydrogens is 458 g/mol. The number of nitrogens with zero attached hydrogens (tertiary/aromatic N) is 1. The molecule has 0 bridgehead atoms. The number of carbonyl (C=O) groups excluding carboxylic acids is 2. The minimum atomic E-state index is -0.211. The summed E-state index contributed by atoms with van der Waals surface area (Å²) < 4.78 is 5.88. The number of hydrogen-bond donors (Lipinski definition) is 2. The van der Waals surface area contributed by atoms with Crippen LogP contribution in [0.1, 0.15) is 75.2 Å². The quantitative estimate of drug-likeness (QED) is 0.444. The van der Waals surface area contributed by atoms with Gasteiger partial charge in [-0.15, -0.1) is 11.3 Å². The van der Waals surface area contributed by atoms with Crippen LogP contribution in [0.2, 0.25) is 0 Å². The maximum absolute atomic E-state index is 12.9. The average molecular weight is 492 g/mol. The van der Waals surface area contributed by atoms with E-state index in [1.165, 1.54) is 16.9 Å². The molecule has 1 saturated carbocycles. The normalized spacial score (nSPS) is 17.6. The Hall–Kier alpha value is -3.19. The third-order valence-electron chi connectivity index (χ3n) is 6.37. The number of carbonyl (C=O) groups is 2. The lowest BCUT2D eigenvalue weighted by Gasteiger charge is -2.32. The van der Waals surface area contributed by atoms with Crippen molar-refractivity contribution in [3.05, 3.63) is 80.8 Å². The number of rotatable bonds is 8. The molecule has 4 rings (SSSR count). The monoisotopic (exact) mass is 491 g/mol. The minimum absolute atomic E-state index is 0.0988. The molecule has 1 aliphatic rings. The highest BCUT2D eigenvalue weighted by atomic mass is 32.1. The molecule has 2 amide bonds. The van der Waals surface area contributed by atoms with E-state index in [4.69, 9.17) is 4.74 Å². The highest BCUT2D eigenvalue weighted by molar-refractivity contribution is 7.09. The summed E-state index contributed by atoms with van der Waals surface area (Å²) in [6.07, 6.45) is 4.67. The summed E-state index contributed by atoms with van der Waals surface area (Å²) in [7, 11) is 0. The zero-order valence-electron chi connectivity index (χ0n) is 20.6. The van der Waals surface area contributed by atoms with Crippen molar-refractivity contribution >= 4 is 23.2 Å². The van der Waals surface area contributed by atoms with Crippen LogP contribution in [0, 0.1) is 13.8 Å². The molecule has 2 aromatic carbocycles. The van der Waals surface area contributed by atoms with E-state index in [2.05, 4.69) is 28.6 Å². The number of benzene rings is 2. The highest BCUT2D eigenvalue weighted by Gasteiger charge is 2.29. The van der Waals surface area contributed by atoms with Gasteiger partial charge in [-0.1, -0.05) is 38.0 Å². The third kappa shape index (κ3) is 6.69. The molecule has 2 atom stereocenters. The summed E-state index contributed by atoms with van der Waals surface area (Å²) in [6, 6.07) is 13.6. The first-order valence-corrected chi connectivity index (χ1v) is 13.2. The van der Waals surface area contributed by atoms with Crippen LogP contribution in [-0.4, -0.2) is 28.9 Å². The molecule has 2 N–H and O–H groups in total. The fraction of sp³-hybridized carbons (Fsp3) is 0.393. The molecule has 184 valence electrons. The maximum atomic E-state index is 12.9. The molecule has 0 aliphatic heterocycles. The number of amides is 2. The Morgan fingerprint density at radius 1 is 0.971 bits per heavy atom. The van der Waals surface area contributed by atoms with Crippen molar-refractivity contribution in [1.29, 1.82) is 0 Å². The van der Waals surface area contributed by atoms with Gasteiger partial charge in [0.2, 0.25) is 0 Å². The number of aryl methyl sites for hydroxylation is 3.